The van der Waals surface area contributed by atoms with Crippen LogP contribution in [0.15, 0.2) is 24.3 Å². The fourth-order valence-electron chi connectivity index (χ4n) is 2.81. The van der Waals surface area contributed by atoms with E-state index in [0.29, 0.717) is 0 Å². The molecule has 0 nitrogen and oxygen atoms in total. The second-order valence-corrected chi connectivity index (χ2v) is 6.72. The molecule has 0 amide bonds. The number of hydrogen-bond acceptors (Lipinski definition) is 0. The van der Waals surface area contributed by atoms with Crippen molar-refractivity contribution >= 4 is 19.2 Å². The molecule has 0 spiro atoms. The number of aryl methyl sites for hydroxylation is 6. The Hall–Kier alpha value is -1.13. The highest BCUT2D eigenvalue weighted by Crippen LogP contribution is 2.22. The molecule has 2 aromatic carbocycles. The maximum Gasteiger partial charge on any atom is -0.00877 e. The number of rotatable bonds is 2. The van der Waals surface area contributed by atoms with E-state index in [9.17, 15) is 0 Å². The summed E-state index contributed by atoms with van der Waals surface area (Å²) in [6.07, 6.45) is 0. The Labute approximate surface area is 119 Å². The molecule has 2 aromatic rings. The monoisotopic (exact) mass is 269 g/mol. The summed E-state index contributed by atoms with van der Waals surface area (Å²) in [4.78, 5) is 0. The summed E-state index contributed by atoms with van der Waals surface area (Å²) >= 11 is 0. The van der Waals surface area contributed by atoms with Crippen molar-refractivity contribution in [2.24, 2.45) is 0 Å². The lowest BCUT2D eigenvalue weighted by Gasteiger charge is -2.15. The zero-order valence-electron chi connectivity index (χ0n) is 12.8. The van der Waals surface area contributed by atoms with Crippen molar-refractivity contribution in [2.75, 3.05) is 0 Å². The van der Waals surface area contributed by atoms with E-state index in [0.717, 1.165) is 0 Å². The Morgan fingerprint density at radius 2 is 0.789 bits per heavy atom. The quantitative estimate of drug-likeness (QED) is 0.707. The fraction of sp³-hybridized carbons (Fsp3) is 0.333. The van der Waals surface area contributed by atoms with E-state index in [-0.39, 0.29) is 0 Å². The topological polar surface area (TPSA) is 0 Å². The van der Waals surface area contributed by atoms with Crippen LogP contribution in [-0.2, 0) is 0 Å². The predicted molar refractivity (Wildman–Crippen MR) is 87.5 cm³/mol. The largest absolute Gasteiger partial charge is 0.0557 e. The SMILES string of the molecule is Cc1cc(C)c([P]c2c(C)cc(C)cc2C)c(C)c1. The van der Waals surface area contributed by atoms with Gasteiger partial charge in [0, 0.05) is 0 Å². The lowest BCUT2D eigenvalue weighted by Crippen LogP contribution is -2.15. The molecule has 0 N–H and O–H groups in total. The third kappa shape index (κ3) is 3.07. The van der Waals surface area contributed by atoms with Gasteiger partial charge in [-0.15, -0.1) is 0 Å². The van der Waals surface area contributed by atoms with Crippen molar-refractivity contribution in [3.8, 4) is 0 Å². The van der Waals surface area contributed by atoms with Gasteiger partial charge in [-0.05, 0) is 83.0 Å². The molecule has 0 atom stereocenters. The van der Waals surface area contributed by atoms with Gasteiger partial charge >= 0.3 is 0 Å². The van der Waals surface area contributed by atoms with E-state index >= 15 is 0 Å². The van der Waals surface area contributed by atoms with Crippen LogP contribution in [0.25, 0.3) is 0 Å². The Morgan fingerprint density at radius 1 is 0.526 bits per heavy atom. The third-order valence-corrected chi connectivity index (χ3v) is 5.35. The van der Waals surface area contributed by atoms with Crippen molar-refractivity contribution in [1.82, 2.24) is 0 Å². The van der Waals surface area contributed by atoms with Gasteiger partial charge in [-0.2, -0.15) is 0 Å². The molecule has 1 radical (unpaired) electrons. The minimum absolute atomic E-state index is 1.34. The van der Waals surface area contributed by atoms with Crippen LogP contribution in [0.4, 0.5) is 0 Å². The van der Waals surface area contributed by atoms with Crippen LogP contribution in [0.5, 0.6) is 0 Å². The summed E-state index contributed by atoms with van der Waals surface area (Å²) in [6.45, 7) is 13.2. The molecule has 19 heavy (non-hydrogen) atoms. The van der Waals surface area contributed by atoms with E-state index in [4.69, 9.17) is 0 Å². The lowest BCUT2D eigenvalue weighted by molar-refractivity contribution is 1.35. The Bertz CT molecular complexity index is 522. The molecule has 0 fully saturated rings. The van der Waals surface area contributed by atoms with Crippen LogP contribution in [-0.4, -0.2) is 0 Å². The van der Waals surface area contributed by atoms with Crippen molar-refractivity contribution in [3.63, 3.8) is 0 Å². The van der Waals surface area contributed by atoms with Crippen LogP contribution in [0, 0.1) is 41.5 Å². The number of benzene rings is 2. The summed E-state index contributed by atoms with van der Waals surface area (Å²) in [6, 6.07) is 9.14. The first kappa shape index (κ1) is 14.3. The molecule has 0 aliphatic carbocycles. The molecule has 99 valence electrons. The van der Waals surface area contributed by atoms with Crippen molar-refractivity contribution in [2.45, 2.75) is 41.5 Å². The molecule has 0 aliphatic rings. The predicted octanol–water partition coefficient (Wildman–Crippen LogP) is 4.43. The minimum atomic E-state index is 1.34. The zero-order valence-corrected chi connectivity index (χ0v) is 13.7. The zero-order chi connectivity index (χ0) is 14.2. The molecule has 0 saturated heterocycles. The van der Waals surface area contributed by atoms with E-state index in [1.54, 1.807) is 0 Å². The summed E-state index contributed by atoms with van der Waals surface area (Å²) in [7, 11) is 1.34. The van der Waals surface area contributed by atoms with Crippen molar-refractivity contribution < 1.29 is 0 Å². The van der Waals surface area contributed by atoms with E-state index in [1.807, 2.05) is 0 Å². The van der Waals surface area contributed by atoms with E-state index in [1.165, 1.54) is 52.6 Å². The van der Waals surface area contributed by atoms with Crippen LogP contribution in [0.1, 0.15) is 33.4 Å². The van der Waals surface area contributed by atoms with Gasteiger partial charge in [-0.1, -0.05) is 35.4 Å². The molecular weight excluding hydrogens is 247 g/mol. The first-order chi connectivity index (χ1) is 8.88. The van der Waals surface area contributed by atoms with Gasteiger partial charge in [-0.25, -0.2) is 0 Å². The summed E-state index contributed by atoms with van der Waals surface area (Å²) in [5, 5.41) is 2.92. The normalized spacial score (nSPS) is 10.8. The van der Waals surface area contributed by atoms with E-state index < -0.39 is 0 Å². The molecule has 0 heterocycles. The average Bonchev–Trinajstić information content (AvgIpc) is 2.25. The molecular formula is C18H22P. The van der Waals surface area contributed by atoms with Crippen LogP contribution in [0.3, 0.4) is 0 Å². The van der Waals surface area contributed by atoms with Gasteiger partial charge in [0.15, 0.2) is 0 Å². The Morgan fingerprint density at radius 3 is 1.05 bits per heavy atom. The second-order valence-electron chi connectivity index (χ2n) is 5.61. The third-order valence-electron chi connectivity index (χ3n) is 3.49. The average molecular weight is 269 g/mol. The molecule has 0 aromatic heterocycles. The minimum Gasteiger partial charge on any atom is -0.0557 e. The van der Waals surface area contributed by atoms with Crippen molar-refractivity contribution in [3.05, 3.63) is 57.6 Å². The molecule has 1 heteroatoms. The standard InChI is InChI=1S/C18H22P/c1-11-7-13(3)17(14(4)8-11)19-18-15(5)9-12(2)10-16(18)6/h7-10H,1-6H3. The lowest BCUT2D eigenvalue weighted by atomic mass is 10.1. The summed E-state index contributed by atoms with van der Waals surface area (Å²) < 4.78 is 0. The van der Waals surface area contributed by atoms with Crippen LogP contribution < -0.4 is 10.6 Å². The van der Waals surface area contributed by atoms with Gasteiger partial charge in [0.25, 0.3) is 0 Å². The van der Waals surface area contributed by atoms with Gasteiger partial charge < -0.3 is 0 Å². The highest BCUT2D eigenvalue weighted by Gasteiger charge is 2.10. The maximum absolute atomic E-state index is 2.29. The highest BCUT2D eigenvalue weighted by atomic mass is 31.1. The second kappa shape index (κ2) is 5.47. The Balaban J connectivity index is 2.48. The van der Waals surface area contributed by atoms with Gasteiger partial charge in [-0.3, -0.25) is 0 Å². The summed E-state index contributed by atoms with van der Waals surface area (Å²) in [5.41, 5.74) is 8.31. The first-order valence-electron chi connectivity index (χ1n) is 6.76. The summed E-state index contributed by atoms with van der Waals surface area (Å²) in [5.74, 6) is 0. The van der Waals surface area contributed by atoms with Crippen LogP contribution >= 0.6 is 8.58 Å². The molecule has 0 bridgehead atoms. The fourth-order valence-corrected chi connectivity index (χ4v) is 4.00. The molecule has 2 rings (SSSR count). The highest BCUT2D eigenvalue weighted by molar-refractivity contribution is 7.56. The van der Waals surface area contributed by atoms with E-state index in [2.05, 4.69) is 65.8 Å². The Kier molecular flexibility index (Phi) is 4.11. The number of hydrogen-bond donors (Lipinski definition) is 0. The smallest absolute Gasteiger partial charge is 0.00877 e. The molecule has 0 saturated carbocycles. The van der Waals surface area contributed by atoms with Gasteiger partial charge in [0.05, 0.1) is 0 Å². The van der Waals surface area contributed by atoms with Crippen molar-refractivity contribution in [1.29, 1.82) is 0 Å². The van der Waals surface area contributed by atoms with Gasteiger partial charge in [0.1, 0.15) is 0 Å². The maximum atomic E-state index is 2.29. The van der Waals surface area contributed by atoms with Gasteiger partial charge in [0.2, 0.25) is 0 Å². The molecule has 0 unspecified atom stereocenters. The molecule has 0 aliphatic heterocycles. The first-order valence-corrected chi connectivity index (χ1v) is 7.65. The van der Waals surface area contributed by atoms with Crippen LogP contribution in [0.2, 0.25) is 0 Å².